The van der Waals surface area contributed by atoms with Crippen LogP contribution in [0, 0.1) is 17.1 Å². The van der Waals surface area contributed by atoms with Gasteiger partial charge in [0.15, 0.2) is 5.82 Å². The van der Waals surface area contributed by atoms with Gasteiger partial charge in [-0.15, -0.1) is 0 Å². The molecule has 0 radical (unpaired) electrons. The molecule has 0 saturated heterocycles. The summed E-state index contributed by atoms with van der Waals surface area (Å²) in [5.41, 5.74) is -3.56. The Morgan fingerprint density at radius 2 is 1.65 bits per heavy atom. The monoisotopic (exact) mass is 284 g/mol. The highest BCUT2D eigenvalue weighted by Crippen LogP contribution is 2.38. The lowest BCUT2D eigenvalue weighted by molar-refractivity contribution is -0.140. The number of alkyl halides is 3. The summed E-state index contributed by atoms with van der Waals surface area (Å²) < 4.78 is 52.3. The SMILES string of the molecule is N#Cc1ccc(N2C(=O)C=CC2=O)c(F)c1C(F)(F)F. The van der Waals surface area contributed by atoms with Crippen molar-refractivity contribution in [1.29, 1.82) is 5.26 Å². The smallest absolute Gasteiger partial charge is 0.269 e. The molecular formula is C12H4F4N2O2. The first kappa shape index (κ1) is 13.7. The van der Waals surface area contributed by atoms with E-state index in [9.17, 15) is 27.2 Å². The molecule has 0 spiro atoms. The van der Waals surface area contributed by atoms with Crippen LogP contribution in [0.4, 0.5) is 23.2 Å². The second kappa shape index (κ2) is 4.45. The predicted molar refractivity (Wildman–Crippen MR) is 57.7 cm³/mol. The number of rotatable bonds is 1. The normalized spacial score (nSPS) is 14.8. The third kappa shape index (κ3) is 2.03. The van der Waals surface area contributed by atoms with Gasteiger partial charge in [-0.05, 0) is 12.1 Å². The minimum absolute atomic E-state index is 0.270. The van der Waals surface area contributed by atoms with Gasteiger partial charge in [-0.2, -0.15) is 18.4 Å². The van der Waals surface area contributed by atoms with Crippen molar-refractivity contribution in [2.75, 3.05) is 4.90 Å². The number of hydrogen-bond acceptors (Lipinski definition) is 3. The number of halogens is 4. The van der Waals surface area contributed by atoms with Gasteiger partial charge < -0.3 is 0 Å². The van der Waals surface area contributed by atoms with Crippen LogP contribution >= 0.6 is 0 Å². The van der Waals surface area contributed by atoms with E-state index in [4.69, 9.17) is 5.26 Å². The second-order valence-electron chi connectivity index (χ2n) is 3.78. The van der Waals surface area contributed by atoms with E-state index < -0.39 is 40.6 Å². The third-order valence-electron chi connectivity index (χ3n) is 2.58. The van der Waals surface area contributed by atoms with Gasteiger partial charge in [-0.25, -0.2) is 9.29 Å². The van der Waals surface area contributed by atoms with E-state index >= 15 is 0 Å². The molecule has 0 unspecified atom stereocenters. The molecule has 0 fully saturated rings. The van der Waals surface area contributed by atoms with Gasteiger partial charge in [0.25, 0.3) is 11.8 Å². The Labute approximate surface area is 109 Å². The molecule has 0 aromatic heterocycles. The maximum Gasteiger partial charge on any atom is 0.420 e. The van der Waals surface area contributed by atoms with Gasteiger partial charge in [0.1, 0.15) is 5.56 Å². The lowest BCUT2D eigenvalue weighted by Crippen LogP contribution is -2.31. The van der Waals surface area contributed by atoms with Crippen molar-refractivity contribution < 1.29 is 27.2 Å². The van der Waals surface area contributed by atoms with Gasteiger partial charge in [0, 0.05) is 12.2 Å². The molecule has 1 aromatic rings. The van der Waals surface area contributed by atoms with Gasteiger partial charge in [0.2, 0.25) is 0 Å². The number of nitriles is 1. The van der Waals surface area contributed by atoms with E-state index in [2.05, 4.69) is 0 Å². The summed E-state index contributed by atoms with van der Waals surface area (Å²) in [6, 6.07) is 2.71. The van der Waals surface area contributed by atoms with Crippen LogP contribution in [0.25, 0.3) is 0 Å². The minimum Gasteiger partial charge on any atom is -0.269 e. The van der Waals surface area contributed by atoms with Crippen LogP contribution in [0.15, 0.2) is 24.3 Å². The van der Waals surface area contributed by atoms with Crippen molar-refractivity contribution in [3.05, 3.63) is 41.2 Å². The van der Waals surface area contributed by atoms with E-state index in [0.717, 1.165) is 18.2 Å². The summed E-state index contributed by atoms with van der Waals surface area (Å²) in [5, 5.41) is 8.59. The summed E-state index contributed by atoms with van der Waals surface area (Å²) in [6.07, 6.45) is -3.50. The molecule has 2 amide bonds. The van der Waals surface area contributed by atoms with E-state index in [1.807, 2.05) is 0 Å². The summed E-state index contributed by atoms with van der Waals surface area (Å²) in [5.74, 6) is -3.74. The van der Waals surface area contributed by atoms with Gasteiger partial charge in [-0.1, -0.05) is 0 Å². The Balaban J connectivity index is 2.67. The van der Waals surface area contributed by atoms with Crippen LogP contribution in [-0.2, 0) is 15.8 Å². The first-order valence-electron chi connectivity index (χ1n) is 5.13. The molecule has 0 saturated carbocycles. The number of carbonyl (C=O) groups excluding carboxylic acids is 2. The summed E-state index contributed by atoms with van der Waals surface area (Å²) in [6.45, 7) is 0. The zero-order valence-corrected chi connectivity index (χ0v) is 9.53. The molecule has 20 heavy (non-hydrogen) atoms. The number of benzene rings is 1. The van der Waals surface area contributed by atoms with Gasteiger partial charge in [0.05, 0.1) is 17.3 Å². The highest BCUT2D eigenvalue weighted by Gasteiger charge is 2.40. The average molecular weight is 284 g/mol. The predicted octanol–water partition coefficient (Wildman–Crippen LogP) is 2.15. The highest BCUT2D eigenvalue weighted by atomic mass is 19.4. The molecule has 1 aromatic carbocycles. The summed E-state index contributed by atoms with van der Waals surface area (Å²) in [7, 11) is 0. The first-order valence-corrected chi connectivity index (χ1v) is 5.13. The van der Waals surface area contributed by atoms with Gasteiger partial charge >= 0.3 is 6.18 Å². The molecule has 0 bridgehead atoms. The largest absolute Gasteiger partial charge is 0.420 e. The van der Waals surface area contributed by atoms with Crippen molar-refractivity contribution in [2.45, 2.75) is 6.18 Å². The zero-order chi connectivity index (χ0) is 15.1. The Morgan fingerprint density at radius 3 is 2.10 bits per heavy atom. The lowest BCUT2D eigenvalue weighted by atomic mass is 10.1. The van der Waals surface area contributed by atoms with E-state index in [-0.39, 0.29) is 4.90 Å². The van der Waals surface area contributed by atoms with E-state index in [1.54, 1.807) is 0 Å². The quantitative estimate of drug-likeness (QED) is 0.586. The maximum absolute atomic E-state index is 14.0. The number of amides is 2. The van der Waals surface area contributed by atoms with Crippen LogP contribution in [-0.4, -0.2) is 11.8 Å². The molecule has 1 heterocycles. The fourth-order valence-corrected chi connectivity index (χ4v) is 1.75. The van der Waals surface area contributed by atoms with Crippen LogP contribution in [0.5, 0.6) is 0 Å². The second-order valence-corrected chi connectivity index (χ2v) is 3.78. The van der Waals surface area contributed by atoms with Crippen molar-refractivity contribution in [3.8, 4) is 6.07 Å². The lowest BCUT2D eigenvalue weighted by Gasteiger charge is -2.18. The standard InChI is InChI=1S/C12H4F4N2O2/c13-11-7(18-8(19)3-4-9(18)20)2-1-6(5-17)10(11)12(14,15)16/h1-4H. The molecule has 4 nitrogen and oxygen atoms in total. The maximum atomic E-state index is 14.0. The number of nitrogens with zero attached hydrogens (tertiary/aromatic N) is 2. The average Bonchev–Trinajstić information content (AvgIpc) is 2.67. The van der Waals surface area contributed by atoms with Crippen LogP contribution in [0.2, 0.25) is 0 Å². The van der Waals surface area contributed by atoms with E-state index in [0.29, 0.717) is 6.07 Å². The van der Waals surface area contributed by atoms with Crippen molar-refractivity contribution in [1.82, 2.24) is 0 Å². The third-order valence-corrected chi connectivity index (χ3v) is 2.58. The fourth-order valence-electron chi connectivity index (χ4n) is 1.75. The Bertz CT molecular complexity index is 668. The molecule has 0 atom stereocenters. The zero-order valence-electron chi connectivity index (χ0n) is 9.53. The van der Waals surface area contributed by atoms with E-state index in [1.165, 1.54) is 6.07 Å². The number of imide groups is 1. The van der Waals surface area contributed by atoms with Crippen LogP contribution in [0.1, 0.15) is 11.1 Å². The Morgan fingerprint density at radius 1 is 1.10 bits per heavy atom. The van der Waals surface area contributed by atoms with Gasteiger partial charge in [-0.3, -0.25) is 9.59 Å². The summed E-state index contributed by atoms with van der Waals surface area (Å²) in [4.78, 5) is 23.0. The molecule has 0 N–H and O–H groups in total. The molecule has 102 valence electrons. The topological polar surface area (TPSA) is 61.2 Å². The van der Waals surface area contributed by atoms with Crippen LogP contribution < -0.4 is 4.90 Å². The molecule has 1 aliphatic heterocycles. The number of carbonyl (C=O) groups is 2. The number of hydrogen-bond donors (Lipinski definition) is 0. The summed E-state index contributed by atoms with van der Waals surface area (Å²) >= 11 is 0. The van der Waals surface area contributed by atoms with Crippen molar-refractivity contribution in [3.63, 3.8) is 0 Å². The van der Waals surface area contributed by atoms with Crippen molar-refractivity contribution in [2.24, 2.45) is 0 Å². The number of anilines is 1. The Hall–Kier alpha value is -2.69. The minimum atomic E-state index is -5.12. The fraction of sp³-hybridized carbons (Fsp3) is 0.0833. The Kier molecular flexibility index (Phi) is 3.06. The first-order chi connectivity index (χ1) is 9.27. The van der Waals surface area contributed by atoms with Crippen molar-refractivity contribution >= 4 is 17.5 Å². The highest BCUT2D eigenvalue weighted by molar-refractivity contribution is 6.28. The molecule has 1 aliphatic rings. The van der Waals surface area contributed by atoms with Crippen LogP contribution in [0.3, 0.4) is 0 Å². The molecule has 2 rings (SSSR count). The molecule has 8 heteroatoms. The molecular weight excluding hydrogens is 280 g/mol. The molecule has 0 aliphatic carbocycles.